The second kappa shape index (κ2) is 12.0. The molecule has 1 saturated heterocycles. The molecule has 33 heavy (non-hydrogen) atoms. The molecule has 0 saturated carbocycles. The summed E-state index contributed by atoms with van der Waals surface area (Å²) in [6.45, 7) is 11.5. The zero-order chi connectivity index (χ0) is 24.6. The van der Waals surface area contributed by atoms with Crippen LogP contribution in [-0.4, -0.2) is 39.1 Å². The highest BCUT2D eigenvalue weighted by atomic mass is 35.5. The molecular weight excluding hydrogens is 442 g/mol. The van der Waals surface area contributed by atoms with Crippen molar-refractivity contribution in [3.63, 3.8) is 0 Å². The minimum atomic E-state index is -0.669. The van der Waals surface area contributed by atoms with Crippen LogP contribution in [0.2, 0.25) is 5.02 Å². The highest BCUT2D eigenvalue weighted by Gasteiger charge is 2.40. The van der Waals surface area contributed by atoms with Crippen LogP contribution in [-0.2, 0) is 9.47 Å². The van der Waals surface area contributed by atoms with Crippen LogP contribution in [0.1, 0.15) is 94.8 Å². The number of amides is 1. The van der Waals surface area contributed by atoms with Gasteiger partial charge in [0.05, 0.1) is 35.1 Å². The number of hydrogen-bond donors (Lipinski definition) is 0. The van der Waals surface area contributed by atoms with Crippen LogP contribution >= 0.6 is 11.6 Å². The van der Waals surface area contributed by atoms with Crippen molar-refractivity contribution in [2.75, 3.05) is 6.61 Å². The minimum absolute atomic E-state index is 0.210. The second-order valence-electron chi connectivity index (χ2n) is 8.39. The van der Waals surface area contributed by atoms with Crippen molar-refractivity contribution >= 4 is 23.7 Å². The van der Waals surface area contributed by atoms with Gasteiger partial charge in [-0.05, 0) is 71.2 Å². The number of pyridine rings is 2. The third-order valence-corrected chi connectivity index (χ3v) is 5.25. The second-order valence-corrected chi connectivity index (χ2v) is 8.80. The first kappa shape index (κ1) is 26.6. The lowest BCUT2D eigenvalue weighted by molar-refractivity contribution is -0.00793. The molecule has 2 unspecified atom stereocenters. The van der Waals surface area contributed by atoms with Crippen LogP contribution in [0.25, 0.3) is 0 Å². The van der Waals surface area contributed by atoms with Gasteiger partial charge in [-0.2, -0.15) is 0 Å². The van der Waals surface area contributed by atoms with Crippen molar-refractivity contribution in [3.8, 4) is 0 Å². The summed E-state index contributed by atoms with van der Waals surface area (Å²) < 4.78 is 10.8. The first-order valence-electron chi connectivity index (χ1n) is 11.5. The van der Waals surface area contributed by atoms with Crippen LogP contribution in [0.4, 0.5) is 4.79 Å². The largest absolute Gasteiger partial charge is 0.461 e. The summed E-state index contributed by atoms with van der Waals surface area (Å²) >= 11 is 6.44. The zero-order valence-corrected chi connectivity index (χ0v) is 21.1. The molecule has 1 aliphatic heterocycles. The van der Waals surface area contributed by atoms with E-state index >= 15 is 0 Å². The Kier molecular flexibility index (Phi) is 9.65. The van der Waals surface area contributed by atoms with Gasteiger partial charge in [0.25, 0.3) is 0 Å². The van der Waals surface area contributed by atoms with Crippen LogP contribution < -0.4 is 0 Å². The number of carbonyl (C=O) groups excluding carboxylic acids is 2. The number of aromatic nitrogens is 2. The van der Waals surface area contributed by atoms with Crippen molar-refractivity contribution in [1.82, 2.24) is 14.9 Å². The van der Waals surface area contributed by atoms with E-state index < -0.39 is 17.7 Å². The number of nitrogens with zero attached hydrogens (tertiary/aromatic N) is 3. The maximum Gasteiger partial charge on any atom is 0.411 e. The van der Waals surface area contributed by atoms with Crippen LogP contribution in [0.5, 0.6) is 0 Å². The van der Waals surface area contributed by atoms with E-state index in [0.717, 1.165) is 6.42 Å². The number of carbonyl (C=O) groups is 2. The molecular formula is C25H34ClN3O4. The lowest BCUT2D eigenvalue weighted by Crippen LogP contribution is -2.44. The number of halogens is 1. The molecule has 0 aromatic carbocycles. The number of hydrogen-bond acceptors (Lipinski definition) is 6. The summed E-state index contributed by atoms with van der Waals surface area (Å²) in [5, 5.41) is 0.495. The van der Waals surface area contributed by atoms with Gasteiger partial charge >= 0.3 is 12.1 Å². The predicted octanol–water partition coefficient (Wildman–Crippen LogP) is 6.54. The Hall–Kier alpha value is -2.67. The van der Waals surface area contributed by atoms with Gasteiger partial charge in [-0.3, -0.25) is 9.88 Å². The van der Waals surface area contributed by atoms with Crippen molar-refractivity contribution in [3.05, 3.63) is 58.6 Å². The minimum Gasteiger partial charge on any atom is -0.461 e. The number of piperidine rings is 1. The third kappa shape index (κ3) is 6.90. The van der Waals surface area contributed by atoms with Gasteiger partial charge in [0, 0.05) is 6.20 Å². The van der Waals surface area contributed by atoms with E-state index in [2.05, 4.69) is 9.97 Å². The van der Waals surface area contributed by atoms with Gasteiger partial charge < -0.3 is 9.47 Å². The molecule has 1 amide bonds. The molecule has 1 aliphatic rings. The van der Waals surface area contributed by atoms with Gasteiger partial charge in [-0.15, -0.1) is 0 Å². The van der Waals surface area contributed by atoms with E-state index in [1.54, 1.807) is 42.3 Å². The van der Waals surface area contributed by atoms with E-state index in [-0.39, 0.29) is 24.4 Å². The van der Waals surface area contributed by atoms with Gasteiger partial charge in [0.1, 0.15) is 11.3 Å². The Labute approximate surface area is 201 Å². The topological polar surface area (TPSA) is 81.6 Å². The van der Waals surface area contributed by atoms with Gasteiger partial charge in [-0.1, -0.05) is 31.5 Å². The quantitative estimate of drug-likeness (QED) is 0.467. The van der Waals surface area contributed by atoms with Gasteiger partial charge in [0.15, 0.2) is 0 Å². The Balaban J connectivity index is 0.00000187. The fourth-order valence-electron chi connectivity index (χ4n) is 3.73. The summed E-state index contributed by atoms with van der Waals surface area (Å²) in [5.41, 5.74) is 0.772. The molecule has 7 nitrogen and oxygen atoms in total. The van der Waals surface area contributed by atoms with Crippen LogP contribution in [0.3, 0.4) is 0 Å². The van der Waals surface area contributed by atoms with Crippen molar-refractivity contribution in [2.45, 2.75) is 78.5 Å². The van der Waals surface area contributed by atoms with Crippen molar-refractivity contribution in [1.29, 1.82) is 0 Å². The van der Waals surface area contributed by atoms with E-state index in [9.17, 15) is 9.59 Å². The molecule has 0 radical (unpaired) electrons. The first-order valence-corrected chi connectivity index (χ1v) is 11.8. The van der Waals surface area contributed by atoms with Crippen molar-refractivity contribution < 1.29 is 19.1 Å². The molecule has 2 aromatic heterocycles. The highest BCUT2D eigenvalue weighted by Crippen LogP contribution is 2.43. The standard InChI is InChI=1S/C23H28ClN3O4.C2H6/c1-5-30-21(28)17-11-6-10-16(26-17)18-12-7-13-19(20-15(24)9-8-14-25-20)27(18)22(29)31-23(2,3)4;1-2/h6,8-11,14,18-19H,5,7,12-13H2,1-4H3;1-2H3. The van der Waals surface area contributed by atoms with Crippen molar-refractivity contribution in [2.24, 2.45) is 0 Å². The summed E-state index contributed by atoms with van der Waals surface area (Å²) in [7, 11) is 0. The summed E-state index contributed by atoms with van der Waals surface area (Å²) in [6, 6.07) is 7.94. The number of likely N-dealkylation sites (tertiary alicyclic amines) is 1. The van der Waals surface area contributed by atoms with E-state index in [1.165, 1.54) is 0 Å². The van der Waals surface area contributed by atoms with E-state index in [0.29, 0.717) is 29.3 Å². The maximum absolute atomic E-state index is 13.3. The van der Waals surface area contributed by atoms with Crippen LogP contribution in [0, 0.1) is 0 Å². The average Bonchev–Trinajstić information content (AvgIpc) is 2.79. The van der Waals surface area contributed by atoms with Gasteiger partial charge in [-0.25, -0.2) is 14.6 Å². The average molecular weight is 476 g/mol. The number of ether oxygens (including phenoxy) is 2. The fraction of sp³-hybridized carbons (Fsp3) is 0.520. The molecule has 0 N–H and O–H groups in total. The molecule has 0 spiro atoms. The Morgan fingerprint density at radius 2 is 1.82 bits per heavy atom. The Morgan fingerprint density at radius 1 is 1.12 bits per heavy atom. The molecule has 180 valence electrons. The smallest absolute Gasteiger partial charge is 0.411 e. The lowest BCUT2D eigenvalue weighted by Gasteiger charge is -2.42. The van der Waals surface area contributed by atoms with E-state index in [4.69, 9.17) is 21.1 Å². The number of esters is 1. The molecule has 2 atom stereocenters. The highest BCUT2D eigenvalue weighted by molar-refractivity contribution is 6.31. The normalized spacial score (nSPS) is 18.1. The molecule has 1 fully saturated rings. The Morgan fingerprint density at radius 3 is 2.45 bits per heavy atom. The molecule has 8 heteroatoms. The third-order valence-electron chi connectivity index (χ3n) is 4.93. The van der Waals surface area contributed by atoms with Crippen LogP contribution in [0.15, 0.2) is 36.5 Å². The number of rotatable bonds is 4. The molecule has 0 aliphatic carbocycles. The summed E-state index contributed by atoms with van der Waals surface area (Å²) in [4.78, 5) is 36.2. The van der Waals surface area contributed by atoms with Gasteiger partial charge in [0.2, 0.25) is 0 Å². The lowest BCUT2D eigenvalue weighted by atomic mass is 9.91. The molecule has 3 rings (SSSR count). The summed E-state index contributed by atoms with van der Waals surface area (Å²) in [5.74, 6) is -0.492. The SMILES string of the molecule is CC.CCOC(=O)c1cccc(C2CCCC(c3ncccc3Cl)N2C(=O)OC(C)(C)C)n1. The summed E-state index contributed by atoms with van der Waals surface area (Å²) in [6.07, 6.45) is 3.42. The zero-order valence-electron chi connectivity index (χ0n) is 20.3. The predicted molar refractivity (Wildman–Crippen MR) is 128 cm³/mol. The Bertz CT molecular complexity index is 945. The fourth-order valence-corrected chi connectivity index (χ4v) is 3.97. The first-order chi connectivity index (χ1) is 15.7. The molecule has 3 heterocycles. The monoisotopic (exact) mass is 475 g/mol. The molecule has 2 aromatic rings. The maximum atomic E-state index is 13.3. The molecule has 0 bridgehead atoms. The van der Waals surface area contributed by atoms with E-state index in [1.807, 2.05) is 40.7 Å².